The van der Waals surface area contributed by atoms with Crippen LogP contribution < -0.4 is 11.1 Å². The number of rotatable bonds is 5. The summed E-state index contributed by atoms with van der Waals surface area (Å²) in [5, 5.41) is 3.18. The Morgan fingerprint density at radius 3 is 2.58 bits per heavy atom. The summed E-state index contributed by atoms with van der Waals surface area (Å²) >= 11 is 0. The minimum atomic E-state index is 0.456. The molecular weight excluding hydrogens is 320 g/mol. The standard InChI is InChI=1S/C22H30N4/c1-17-10-12-26(13-11-17)16-20-8-4-3-7-19(20)15-24-22(23)25-21-9-5-6-18(2)14-21/h3-9,14,17H,10-13,15-16H2,1-2H3,(H3,23,24,25). The molecule has 1 fully saturated rings. The topological polar surface area (TPSA) is 53.6 Å². The lowest BCUT2D eigenvalue weighted by molar-refractivity contribution is 0.185. The van der Waals surface area contributed by atoms with Gasteiger partial charge in [0, 0.05) is 12.2 Å². The molecular formula is C22H30N4. The Morgan fingerprint density at radius 1 is 1.12 bits per heavy atom. The van der Waals surface area contributed by atoms with E-state index in [4.69, 9.17) is 5.73 Å². The average Bonchev–Trinajstić information content (AvgIpc) is 2.63. The van der Waals surface area contributed by atoms with Gasteiger partial charge < -0.3 is 11.1 Å². The number of anilines is 1. The van der Waals surface area contributed by atoms with E-state index >= 15 is 0 Å². The highest BCUT2D eigenvalue weighted by Crippen LogP contribution is 2.20. The first-order valence-corrected chi connectivity index (χ1v) is 9.53. The maximum Gasteiger partial charge on any atom is 0.193 e. The number of guanidine groups is 1. The zero-order chi connectivity index (χ0) is 18.4. The van der Waals surface area contributed by atoms with E-state index in [-0.39, 0.29) is 0 Å². The van der Waals surface area contributed by atoms with Gasteiger partial charge in [0.25, 0.3) is 0 Å². The lowest BCUT2D eigenvalue weighted by Gasteiger charge is -2.30. The Hall–Kier alpha value is -2.33. The van der Waals surface area contributed by atoms with Gasteiger partial charge in [0.1, 0.15) is 0 Å². The Labute approximate surface area is 157 Å². The van der Waals surface area contributed by atoms with Crippen LogP contribution in [-0.2, 0) is 13.1 Å². The van der Waals surface area contributed by atoms with Crippen LogP contribution in [0.4, 0.5) is 5.69 Å². The summed E-state index contributed by atoms with van der Waals surface area (Å²) in [5.74, 6) is 1.32. The van der Waals surface area contributed by atoms with Crippen LogP contribution in [-0.4, -0.2) is 23.9 Å². The van der Waals surface area contributed by atoms with Crippen molar-refractivity contribution >= 4 is 11.6 Å². The highest BCUT2D eigenvalue weighted by molar-refractivity contribution is 5.92. The minimum Gasteiger partial charge on any atom is -0.370 e. The number of nitrogens with two attached hydrogens (primary N) is 1. The fourth-order valence-corrected chi connectivity index (χ4v) is 3.41. The number of benzene rings is 2. The van der Waals surface area contributed by atoms with Crippen LogP contribution in [0.1, 0.15) is 36.5 Å². The molecule has 0 aromatic heterocycles. The molecule has 1 heterocycles. The van der Waals surface area contributed by atoms with Crippen molar-refractivity contribution in [2.75, 3.05) is 18.4 Å². The first-order chi connectivity index (χ1) is 12.6. The third-order valence-electron chi connectivity index (χ3n) is 5.10. The minimum absolute atomic E-state index is 0.456. The van der Waals surface area contributed by atoms with Gasteiger partial charge in [-0.15, -0.1) is 0 Å². The van der Waals surface area contributed by atoms with E-state index < -0.39 is 0 Å². The van der Waals surface area contributed by atoms with Gasteiger partial charge in [-0.2, -0.15) is 0 Å². The third kappa shape index (κ3) is 5.33. The molecule has 0 amide bonds. The number of aliphatic imine (C=N–C) groups is 1. The predicted molar refractivity (Wildman–Crippen MR) is 110 cm³/mol. The van der Waals surface area contributed by atoms with Crippen molar-refractivity contribution in [3.63, 3.8) is 0 Å². The maximum absolute atomic E-state index is 6.08. The van der Waals surface area contributed by atoms with Crippen molar-refractivity contribution in [2.45, 2.75) is 39.8 Å². The van der Waals surface area contributed by atoms with E-state index in [1.54, 1.807) is 0 Å². The van der Waals surface area contributed by atoms with Crippen LogP contribution in [0.15, 0.2) is 53.5 Å². The highest BCUT2D eigenvalue weighted by atomic mass is 15.1. The summed E-state index contributed by atoms with van der Waals surface area (Å²) in [6, 6.07) is 16.7. The largest absolute Gasteiger partial charge is 0.370 e. The Kier molecular flexibility index (Phi) is 6.29. The lowest BCUT2D eigenvalue weighted by atomic mass is 9.98. The quantitative estimate of drug-likeness (QED) is 0.629. The van der Waals surface area contributed by atoms with Crippen molar-refractivity contribution in [2.24, 2.45) is 16.6 Å². The molecule has 2 aromatic carbocycles. The smallest absolute Gasteiger partial charge is 0.193 e. The summed E-state index contributed by atoms with van der Waals surface area (Å²) in [5.41, 5.74) is 10.9. The molecule has 1 aliphatic heterocycles. The number of aryl methyl sites for hydroxylation is 1. The fourth-order valence-electron chi connectivity index (χ4n) is 3.41. The number of nitrogens with one attached hydrogen (secondary N) is 1. The lowest BCUT2D eigenvalue weighted by Crippen LogP contribution is -2.32. The fraction of sp³-hybridized carbons (Fsp3) is 0.409. The second kappa shape index (κ2) is 8.86. The van der Waals surface area contributed by atoms with Crippen molar-refractivity contribution in [1.82, 2.24) is 4.90 Å². The molecule has 0 spiro atoms. The molecule has 0 unspecified atom stereocenters. The zero-order valence-electron chi connectivity index (χ0n) is 15.9. The predicted octanol–water partition coefficient (Wildman–Crippen LogP) is 4.15. The van der Waals surface area contributed by atoms with E-state index in [2.05, 4.69) is 65.5 Å². The molecule has 0 saturated carbocycles. The van der Waals surface area contributed by atoms with Crippen molar-refractivity contribution in [1.29, 1.82) is 0 Å². The molecule has 3 N–H and O–H groups in total. The number of nitrogens with zero attached hydrogens (tertiary/aromatic N) is 2. The second-order valence-electron chi connectivity index (χ2n) is 7.42. The van der Waals surface area contributed by atoms with E-state index in [1.807, 2.05) is 12.1 Å². The Balaban J connectivity index is 1.62. The molecule has 1 aliphatic rings. The zero-order valence-corrected chi connectivity index (χ0v) is 15.9. The van der Waals surface area contributed by atoms with Gasteiger partial charge in [-0.3, -0.25) is 4.90 Å². The van der Waals surface area contributed by atoms with Gasteiger partial charge in [0.05, 0.1) is 6.54 Å². The molecule has 138 valence electrons. The summed E-state index contributed by atoms with van der Waals surface area (Å²) in [6.07, 6.45) is 2.60. The summed E-state index contributed by atoms with van der Waals surface area (Å²) in [4.78, 5) is 7.10. The normalized spacial score (nSPS) is 16.6. The average molecular weight is 351 g/mol. The highest BCUT2D eigenvalue weighted by Gasteiger charge is 2.16. The van der Waals surface area contributed by atoms with E-state index in [0.717, 1.165) is 18.2 Å². The molecule has 1 saturated heterocycles. The van der Waals surface area contributed by atoms with Crippen LogP contribution in [0, 0.1) is 12.8 Å². The van der Waals surface area contributed by atoms with Crippen LogP contribution in [0.25, 0.3) is 0 Å². The number of hydrogen-bond donors (Lipinski definition) is 2. The first-order valence-electron chi connectivity index (χ1n) is 9.53. The van der Waals surface area contributed by atoms with Crippen LogP contribution in [0.5, 0.6) is 0 Å². The summed E-state index contributed by atoms with van der Waals surface area (Å²) in [7, 11) is 0. The van der Waals surface area contributed by atoms with Crippen molar-refractivity contribution in [3.8, 4) is 0 Å². The molecule has 4 heteroatoms. The van der Waals surface area contributed by atoms with Gasteiger partial charge >= 0.3 is 0 Å². The number of piperidine rings is 1. The van der Waals surface area contributed by atoms with Gasteiger partial charge in [-0.05, 0) is 67.6 Å². The van der Waals surface area contributed by atoms with Gasteiger partial charge in [0.2, 0.25) is 0 Å². The Bertz CT molecular complexity index is 745. The molecule has 3 rings (SSSR count). The molecule has 26 heavy (non-hydrogen) atoms. The second-order valence-corrected chi connectivity index (χ2v) is 7.42. The maximum atomic E-state index is 6.08. The van der Waals surface area contributed by atoms with Crippen LogP contribution in [0.2, 0.25) is 0 Å². The monoisotopic (exact) mass is 350 g/mol. The molecule has 0 atom stereocenters. The number of hydrogen-bond acceptors (Lipinski definition) is 2. The first kappa shape index (κ1) is 18.5. The molecule has 4 nitrogen and oxygen atoms in total. The molecule has 0 radical (unpaired) electrons. The van der Waals surface area contributed by atoms with E-state index in [0.29, 0.717) is 12.5 Å². The molecule has 0 bridgehead atoms. The third-order valence-corrected chi connectivity index (χ3v) is 5.10. The SMILES string of the molecule is Cc1cccc(NC(N)=NCc2ccccc2CN2CCC(C)CC2)c1. The van der Waals surface area contributed by atoms with Crippen LogP contribution in [0.3, 0.4) is 0 Å². The molecule has 0 aliphatic carbocycles. The van der Waals surface area contributed by atoms with Crippen LogP contribution >= 0.6 is 0 Å². The summed E-state index contributed by atoms with van der Waals surface area (Å²) in [6.45, 7) is 8.40. The molecule has 2 aromatic rings. The Morgan fingerprint density at radius 2 is 1.85 bits per heavy atom. The summed E-state index contributed by atoms with van der Waals surface area (Å²) < 4.78 is 0. The van der Waals surface area contributed by atoms with Crippen molar-refractivity contribution < 1.29 is 0 Å². The van der Waals surface area contributed by atoms with E-state index in [1.165, 1.54) is 42.6 Å². The van der Waals surface area contributed by atoms with E-state index in [9.17, 15) is 0 Å². The van der Waals surface area contributed by atoms with Gasteiger partial charge in [0.15, 0.2) is 5.96 Å². The number of likely N-dealkylation sites (tertiary alicyclic amines) is 1. The van der Waals surface area contributed by atoms with Crippen molar-refractivity contribution in [3.05, 3.63) is 65.2 Å². The van der Waals surface area contributed by atoms with Gasteiger partial charge in [-0.25, -0.2) is 4.99 Å². The van der Waals surface area contributed by atoms with Gasteiger partial charge in [-0.1, -0.05) is 43.3 Å².